The predicted octanol–water partition coefficient (Wildman–Crippen LogP) is 3.30. The Morgan fingerprint density at radius 2 is 1.87 bits per heavy atom. The number of anilines is 1. The molecule has 0 heterocycles. The van der Waals surface area contributed by atoms with Crippen molar-refractivity contribution in [3.05, 3.63) is 28.7 Å². The number of nitrogens with one attached hydrogen (secondary N) is 2. The fourth-order valence-corrected chi connectivity index (χ4v) is 2.47. The molecule has 3 N–H and O–H groups in total. The summed E-state index contributed by atoms with van der Waals surface area (Å²) in [5.41, 5.74) is 0.915. The van der Waals surface area contributed by atoms with Crippen molar-refractivity contribution in [2.45, 2.75) is 38.5 Å². The summed E-state index contributed by atoms with van der Waals surface area (Å²) >= 11 is 3.36. The van der Waals surface area contributed by atoms with E-state index in [0.717, 1.165) is 35.8 Å². The maximum Gasteiger partial charge on any atom is 0.268 e. The average Bonchev–Trinajstić information content (AvgIpc) is 2.53. The van der Waals surface area contributed by atoms with Crippen molar-refractivity contribution in [3.8, 4) is 0 Å². The monoisotopic (exact) mass is 383 g/mol. The molecule has 0 atom stereocenters. The van der Waals surface area contributed by atoms with E-state index in [4.69, 9.17) is 5.21 Å². The minimum Gasteiger partial charge on any atom is -0.410 e. The van der Waals surface area contributed by atoms with Gasteiger partial charge in [0, 0.05) is 23.6 Å². The number of unbranched alkanes of at least 4 members (excludes halogenated alkanes) is 3. The number of carbonyl (C=O) groups excluding carboxylic acids is 2. The lowest BCUT2D eigenvalue weighted by molar-refractivity contribution is -0.116. The number of hydrogen-bond acceptors (Lipinski definition) is 4. The molecule has 126 valence electrons. The molecule has 0 spiro atoms. The van der Waals surface area contributed by atoms with E-state index in [1.54, 1.807) is 0 Å². The fraction of sp³-hybridized carbons (Fsp3) is 0.438. The van der Waals surface area contributed by atoms with Gasteiger partial charge < -0.3 is 15.8 Å². The van der Waals surface area contributed by atoms with Crippen molar-refractivity contribution < 1.29 is 14.8 Å². The van der Waals surface area contributed by atoms with Gasteiger partial charge in [0.25, 0.3) is 5.91 Å². The Balaban J connectivity index is 2.15. The molecule has 0 bridgehead atoms. The number of rotatable bonds is 9. The van der Waals surface area contributed by atoms with Crippen LogP contribution in [0.25, 0.3) is 0 Å². The summed E-state index contributed by atoms with van der Waals surface area (Å²) in [4.78, 5) is 23.1. The van der Waals surface area contributed by atoms with Crippen LogP contribution < -0.4 is 10.6 Å². The van der Waals surface area contributed by atoms with E-state index in [9.17, 15) is 9.59 Å². The number of amides is 2. The van der Waals surface area contributed by atoms with Gasteiger partial charge in [0.1, 0.15) is 5.71 Å². The zero-order valence-electron chi connectivity index (χ0n) is 13.1. The molecule has 1 aromatic rings. The van der Waals surface area contributed by atoms with Crippen LogP contribution in [0.2, 0.25) is 0 Å². The summed E-state index contributed by atoms with van der Waals surface area (Å²) in [5, 5.41) is 17.0. The molecule has 0 aliphatic rings. The summed E-state index contributed by atoms with van der Waals surface area (Å²) < 4.78 is 0.924. The van der Waals surface area contributed by atoms with Crippen LogP contribution in [0, 0.1) is 0 Å². The fourth-order valence-electron chi connectivity index (χ4n) is 2.07. The zero-order valence-corrected chi connectivity index (χ0v) is 14.7. The molecular formula is C16H22BrN3O3. The Morgan fingerprint density at radius 1 is 1.17 bits per heavy atom. The lowest BCUT2D eigenvalue weighted by Gasteiger charge is -2.06. The molecule has 1 aromatic carbocycles. The Kier molecular flexibility index (Phi) is 8.97. The Bertz CT molecular complexity index is 561. The molecule has 0 aromatic heterocycles. The molecule has 6 nitrogen and oxygen atoms in total. The molecule has 0 radical (unpaired) electrons. The van der Waals surface area contributed by atoms with Gasteiger partial charge in [0.15, 0.2) is 0 Å². The quantitative estimate of drug-likeness (QED) is 0.264. The third kappa shape index (κ3) is 7.78. The molecule has 0 aliphatic carbocycles. The summed E-state index contributed by atoms with van der Waals surface area (Å²) in [7, 11) is 1.50. The molecule has 0 saturated carbocycles. The molecule has 1 rings (SSSR count). The molecule has 7 heteroatoms. The van der Waals surface area contributed by atoms with Crippen LogP contribution in [0.4, 0.5) is 5.69 Å². The lowest BCUT2D eigenvalue weighted by atomic mass is 10.1. The maximum absolute atomic E-state index is 11.8. The van der Waals surface area contributed by atoms with Crippen LogP contribution in [0.1, 0.15) is 38.5 Å². The van der Waals surface area contributed by atoms with Gasteiger partial charge in [-0.1, -0.05) is 40.0 Å². The minimum atomic E-state index is -0.360. The summed E-state index contributed by atoms with van der Waals surface area (Å²) in [5.74, 6) is -0.369. The van der Waals surface area contributed by atoms with Gasteiger partial charge in [-0.2, -0.15) is 0 Å². The highest BCUT2D eigenvalue weighted by molar-refractivity contribution is 9.10. The third-order valence-corrected chi connectivity index (χ3v) is 3.78. The second-order valence-corrected chi connectivity index (χ2v) is 6.01. The van der Waals surface area contributed by atoms with Crippen LogP contribution in [0.15, 0.2) is 33.9 Å². The largest absolute Gasteiger partial charge is 0.410 e. The van der Waals surface area contributed by atoms with Gasteiger partial charge >= 0.3 is 0 Å². The van der Waals surface area contributed by atoms with Crippen LogP contribution in [0.3, 0.4) is 0 Å². The van der Waals surface area contributed by atoms with Crippen molar-refractivity contribution in [3.63, 3.8) is 0 Å². The van der Waals surface area contributed by atoms with Gasteiger partial charge in [0.05, 0.1) is 0 Å². The Morgan fingerprint density at radius 3 is 2.48 bits per heavy atom. The molecule has 0 aliphatic heterocycles. The Labute approximate surface area is 144 Å². The van der Waals surface area contributed by atoms with Gasteiger partial charge in [-0.15, -0.1) is 0 Å². The van der Waals surface area contributed by atoms with E-state index >= 15 is 0 Å². The van der Waals surface area contributed by atoms with Crippen molar-refractivity contribution in [1.82, 2.24) is 5.32 Å². The van der Waals surface area contributed by atoms with E-state index in [-0.39, 0.29) is 17.5 Å². The summed E-state index contributed by atoms with van der Waals surface area (Å²) in [6.07, 6.45) is 4.19. The van der Waals surface area contributed by atoms with Crippen molar-refractivity contribution in [2.24, 2.45) is 5.16 Å². The molecule has 0 fully saturated rings. The van der Waals surface area contributed by atoms with E-state index in [2.05, 4.69) is 31.7 Å². The first kappa shape index (κ1) is 19.2. The zero-order chi connectivity index (χ0) is 17.1. The highest BCUT2D eigenvalue weighted by Crippen LogP contribution is 2.16. The highest BCUT2D eigenvalue weighted by Gasteiger charge is 2.09. The van der Waals surface area contributed by atoms with Crippen molar-refractivity contribution >= 4 is 39.1 Å². The summed E-state index contributed by atoms with van der Waals surface area (Å²) in [6.45, 7) is 0. The number of hydrogen-bond donors (Lipinski definition) is 3. The average molecular weight is 384 g/mol. The van der Waals surface area contributed by atoms with Gasteiger partial charge in [-0.3, -0.25) is 9.59 Å². The molecular weight excluding hydrogens is 362 g/mol. The standard InChI is InChI=1S/C16H22BrN3O3/c1-18-16(22)14(20-23)9-4-2-3-5-10-15(21)19-13-8-6-7-12(17)11-13/h6-8,11,23H,2-5,9-10H2,1H3,(H,18,22)(H,19,21)/b20-14+. The second kappa shape index (κ2) is 10.8. The van der Waals surface area contributed by atoms with E-state index in [1.165, 1.54) is 7.05 Å². The maximum atomic E-state index is 11.8. The summed E-state index contributed by atoms with van der Waals surface area (Å²) in [6, 6.07) is 7.47. The normalized spacial score (nSPS) is 11.1. The van der Waals surface area contributed by atoms with Crippen LogP contribution in [-0.2, 0) is 9.59 Å². The highest BCUT2D eigenvalue weighted by atomic mass is 79.9. The topological polar surface area (TPSA) is 90.8 Å². The van der Waals surface area contributed by atoms with E-state index < -0.39 is 0 Å². The SMILES string of the molecule is CNC(=O)/C(CCCCCCC(=O)Nc1cccc(Br)c1)=N/O. The number of halogens is 1. The van der Waals surface area contributed by atoms with Crippen molar-refractivity contribution in [1.29, 1.82) is 0 Å². The van der Waals surface area contributed by atoms with Gasteiger partial charge in [-0.05, 0) is 37.5 Å². The minimum absolute atomic E-state index is 0.00827. The van der Waals surface area contributed by atoms with Crippen molar-refractivity contribution in [2.75, 3.05) is 12.4 Å². The molecule has 23 heavy (non-hydrogen) atoms. The van der Waals surface area contributed by atoms with E-state index in [0.29, 0.717) is 12.8 Å². The van der Waals surface area contributed by atoms with Crippen LogP contribution in [-0.4, -0.2) is 29.8 Å². The molecule has 0 unspecified atom stereocenters. The van der Waals surface area contributed by atoms with Gasteiger partial charge in [-0.25, -0.2) is 0 Å². The number of oxime groups is 1. The Hall–Kier alpha value is -1.89. The van der Waals surface area contributed by atoms with E-state index in [1.807, 2.05) is 24.3 Å². The predicted molar refractivity (Wildman–Crippen MR) is 93.8 cm³/mol. The van der Waals surface area contributed by atoms with Gasteiger partial charge in [0.2, 0.25) is 5.91 Å². The number of nitrogens with zero attached hydrogens (tertiary/aromatic N) is 1. The first-order valence-electron chi connectivity index (χ1n) is 7.55. The number of benzene rings is 1. The van der Waals surface area contributed by atoms with Crippen LogP contribution in [0.5, 0.6) is 0 Å². The number of carbonyl (C=O) groups is 2. The third-order valence-electron chi connectivity index (χ3n) is 3.29. The molecule has 0 saturated heterocycles. The lowest BCUT2D eigenvalue weighted by Crippen LogP contribution is -2.27. The van der Waals surface area contributed by atoms with Crippen LogP contribution >= 0.6 is 15.9 Å². The smallest absolute Gasteiger partial charge is 0.268 e. The first-order valence-corrected chi connectivity index (χ1v) is 8.34. The first-order chi connectivity index (χ1) is 11.1. The second-order valence-electron chi connectivity index (χ2n) is 5.10. The molecule has 2 amide bonds.